The number of hydrogen-bond donors (Lipinski definition) is 1. The van der Waals surface area contributed by atoms with Crippen LogP contribution in [-0.2, 0) is 15.6 Å². The predicted octanol–water partition coefficient (Wildman–Crippen LogP) is 2.29. The van der Waals surface area contributed by atoms with Crippen molar-refractivity contribution in [3.8, 4) is 11.4 Å². The normalized spacial score (nSPS) is 13.1. The Hall–Kier alpha value is -2.45. The van der Waals surface area contributed by atoms with Crippen LogP contribution in [0.4, 0.5) is 0 Å². The average molecular weight is 348 g/mol. The molecule has 0 radical (unpaired) electrons. The standard InChI is InChI=1S/C16H16N2O5S/c1-11-2-4-12(5-3-11)14(19)9-24(20,21)10-15-17-16(18-23-15)13-6-7-22-8-13/h2-8,14,19H,9-10H2,1H3. The van der Waals surface area contributed by atoms with Crippen molar-refractivity contribution in [1.29, 1.82) is 0 Å². The lowest BCUT2D eigenvalue weighted by atomic mass is 10.1. The molecule has 0 saturated heterocycles. The third-order valence-electron chi connectivity index (χ3n) is 3.46. The minimum absolute atomic E-state index is 0.0256. The number of nitrogens with zero attached hydrogens (tertiary/aromatic N) is 2. The van der Waals surface area contributed by atoms with E-state index in [4.69, 9.17) is 8.94 Å². The van der Waals surface area contributed by atoms with Crippen molar-refractivity contribution in [2.45, 2.75) is 18.8 Å². The molecule has 1 aromatic carbocycles. The van der Waals surface area contributed by atoms with E-state index in [1.807, 2.05) is 19.1 Å². The molecular formula is C16H16N2O5S. The number of aromatic nitrogens is 2. The topological polar surface area (TPSA) is 106 Å². The van der Waals surface area contributed by atoms with Crippen molar-refractivity contribution < 1.29 is 22.5 Å². The van der Waals surface area contributed by atoms with Crippen LogP contribution in [0.15, 0.2) is 51.8 Å². The molecule has 2 aromatic heterocycles. The van der Waals surface area contributed by atoms with Gasteiger partial charge in [-0.1, -0.05) is 35.0 Å². The summed E-state index contributed by atoms with van der Waals surface area (Å²) in [6.45, 7) is 1.92. The molecule has 3 aromatic rings. The number of aliphatic hydroxyl groups excluding tert-OH is 1. The van der Waals surface area contributed by atoms with Crippen LogP contribution in [0.5, 0.6) is 0 Å². The molecule has 1 atom stereocenters. The van der Waals surface area contributed by atoms with Crippen LogP contribution in [0.25, 0.3) is 11.4 Å². The fraction of sp³-hybridized carbons (Fsp3) is 0.250. The van der Waals surface area contributed by atoms with E-state index < -0.39 is 27.4 Å². The molecule has 0 bridgehead atoms. The number of rotatable bonds is 6. The quantitative estimate of drug-likeness (QED) is 0.728. The van der Waals surface area contributed by atoms with Crippen LogP contribution in [0.2, 0.25) is 0 Å². The van der Waals surface area contributed by atoms with Gasteiger partial charge in [0.15, 0.2) is 9.84 Å². The number of aliphatic hydroxyl groups is 1. The third kappa shape index (κ3) is 3.90. The highest BCUT2D eigenvalue weighted by atomic mass is 32.2. The van der Waals surface area contributed by atoms with Gasteiger partial charge in [-0.25, -0.2) is 8.42 Å². The van der Waals surface area contributed by atoms with E-state index in [1.54, 1.807) is 18.2 Å². The molecule has 126 valence electrons. The summed E-state index contributed by atoms with van der Waals surface area (Å²) in [5, 5.41) is 13.8. The first kappa shape index (κ1) is 16.4. The molecule has 0 spiro atoms. The minimum Gasteiger partial charge on any atom is -0.472 e. The molecule has 0 amide bonds. The molecule has 0 aliphatic carbocycles. The largest absolute Gasteiger partial charge is 0.472 e. The fourth-order valence-corrected chi connectivity index (χ4v) is 3.48. The van der Waals surface area contributed by atoms with Gasteiger partial charge in [0.2, 0.25) is 11.7 Å². The van der Waals surface area contributed by atoms with Gasteiger partial charge in [-0.3, -0.25) is 0 Å². The molecule has 0 fully saturated rings. The van der Waals surface area contributed by atoms with Crippen molar-refractivity contribution in [2.75, 3.05) is 5.75 Å². The number of aryl methyl sites for hydroxylation is 1. The van der Waals surface area contributed by atoms with E-state index in [0.29, 0.717) is 11.1 Å². The number of furan rings is 1. The van der Waals surface area contributed by atoms with E-state index in [9.17, 15) is 13.5 Å². The molecule has 0 saturated carbocycles. The first-order chi connectivity index (χ1) is 11.4. The molecule has 2 heterocycles. The number of sulfone groups is 1. The lowest BCUT2D eigenvalue weighted by Crippen LogP contribution is -2.16. The summed E-state index contributed by atoms with van der Waals surface area (Å²) in [5.41, 5.74) is 2.18. The van der Waals surface area contributed by atoms with Gasteiger partial charge in [0.25, 0.3) is 0 Å². The first-order valence-corrected chi connectivity index (χ1v) is 9.05. The van der Waals surface area contributed by atoms with Gasteiger partial charge < -0.3 is 14.0 Å². The average Bonchev–Trinajstić information content (AvgIpc) is 3.17. The second-order valence-corrected chi connectivity index (χ2v) is 7.61. The van der Waals surface area contributed by atoms with Gasteiger partial charge in [-0.15, -0.1) is 0 Å². The third-order valence-corrected chi connectivity index (χ3v) is 4.98. The summed E-state index contributed by atoms with van der Waals surface area (Å²) in [7, 11) is -3.62. The molecule has 1 N–H and O–H groups in total. The van der Waals surface area contributed by atoms with E-state index >= 15 is 0 Å². The zero-order chi connectivity index (χ0) is 17.2. The van der Waals surface area contributed by atoms with Crippen LogP contribution < -0.4 is 0 Å². The predicted molar refractivity (Wildman–Crippen MR) is 85.6 cm³/mol. The Morgan fingerprint density at radius 1 is 1.21 bits per heavy atom. The van der Waals surface area contributed by atoms with Gasteiger partial charge in [0, 0.05) is 0 Å². The second kappa shape index (κ2) is 6.58. The van der Waals surface area contributed by atoms with Crippen LogP contribution >= 0.6 is 0 Å². The molecule has 1 unspecified atom stereocenters. The number of benzene rings is 1. The van der Waals surface area contributed by atoms with Gasteiger partial charge in [-0.05, 0) is 18.6 Å². The Labute approximate surface area is 138 Å². The van der Waals surface area contributed by atoms with Crippen LogP contribution in [0.1, 0.15) is 23.1 Å². The Kier molecular flexibility index (Phi) is 4.50. The van der Waals surface area contributed by atoms with Crippen LogP contribution in [0, 0.1) is 6.92 Å². The first-order valence-electron chi connectivity index (χ1n) is 7.23. The smallest absolute Gasteiger partial charge is 0.242 e. The lowest BCUT2D eigenvalue weighted by molar-refractivity contribution is 0.201. The van der Waals surface area contributed by atoms with E-state index in [2.05, 4.69) is 10.1 Å². The Balaban J connectivity index is 1.68. The summed E-state index contributed by atoms with van der Waals surface area (Å²) in [5.74, 6) is -0.615. The summed E-state index contributed by atoms with van der Waals surface area (Å²) < 4.78 is 34.4. The van der Waals surface area contributed by atoms with Crippen molar-refractivity contribution >= 4 is 9.84 Å². The maximum atomic E-state index is 12.2. The van der Waals surface area contributed by atoms with Crippen LogP contribution in [0.3, 0.4) is 0 Å². The zero-order valence-electron chi connectivity index (χ0n) is 12.9. The molecule has 3 rings (SSSR count). The van der Waals surface area contributed by atoms with Gasteiger partial charge in [0.05, 0.1) is 23.7 Å². The summed E-state index contributed by atoms with van der Waals surface area (Å²) in [4.78, 5) is 4.03. The maximum Gasteiger partial charge on any atom is 0.242 e. The molecule has 7 nitrogen and oxygen atoms in total. The second-order valence-electron chi connectivity index (χ2n) is 5.50. The highest BCUT2D eigenvalue weighted by Crippen LogP contribution is 2.20. The monoisotopic (exact) mass is 348 g/mol. The summed E-state index contributed by atoms with van der Waals surface area (Å²) in [6, 6.07) is 8.70. The van der Waals surface area contributed by atoms with Crippen molar-refractivity contribution in [1.82, 2.24) is 10.1 Å². The molecule has 0 aliphatic heterocycles. The maximum absolute atomic E-state index is 12.2. The van der Waals surface area contributed by atoms with Crippen LogP contribution in [-0.4, -0.2) is 29.4 Å². The minimum atomic E-state index is -3.62. The number of hydrogen-bond acceptors (Lipinski definition) is 7. The Bertz CT molecular complexity index is 898. The summed E-state index contributed by atoms with van der Waals surface area (Å²) in [6.07, 6.45) is 1.79. The zero-order valence-corrected chi connectivity index (χ0v) is 13.7. The SMILES string of the molecule is Cc1ccc(C(O)CS(=O)(=O)Cc2nc(-c3ccoc3)no2)cc1. The van der Waals surface area contributed by atoms with Gasteiger partial charge >= 0.3 is 0 Å². The Morgan fingerprint density at radius 2 is 1.96 bits per heavy atom. The Morgan fingerprint density at radius 3 is 2.62 bits per heavy atom. The van der Waals surface area contributed by atoms with E-state index in [-0.39, 0.29) is 11.7 Å². The summed E-state index contributed by atoms with van der Waals surface area (Å²) >= 11 is 0. The van der Waals surface area contributed by atoms with E-state index in [0.717, 1.165) is 5.56 Å². The highest BCUT2D eigenvalue weighted by molar-refractivity contribution is 7.90. The fourth-order valence-electron chi connectivity index (χ4n) is 2.19. The molecule has 0 aliphatic rings. The highest BCUT2D eigenvalue weighted by Gasteiger charge is 2.23. The van der Waals surface area contributed by atoms with Crippen molar-refractivity contribution in [3.05, 3.63) is 59.9 Å². The van der Waals surface area contributed by atoms with Crippen molar-refractivity contribution in [3.63, 3.8) is 0 Å². The molecule has 24 heavy (non-hydrogen) atoms. The lowest BCUT2D eigenvalue weighted by Gasteiger charge is -2.11. The van der Waals surface area contributed by atoms with Crippen molar-refractivity contribution in [2.24, 2.45) is 0 Å². The van der Waals surface area contributed by atoms with Gasteiger partial charge in [0.1, 0.15) is 12.0 Å². The molecule has 8 heteroatoms. The molecular weight excluding hydrogens is 332 g/mol. The van der Waals surface area contributed by atoms with Gasteiger partial charge in [-0.2, -0.15) is 4.98 Å². The van der Waals surface area contributed by atoms with E-state index in [1.165, 1.54) is 12.5 Å².